The lowest BCUT2D eigenvalue weighted by Gasteiger charge is -2.20. The molecule has 2 N–H and O–H groups in total. The summed E-state index contributed by atoms with van der Waals surface area (Å²) < 4.78 is 5.57. The van der Waals surface area contributed by atoms with E-state index in [2.05, 4.69) is 31.4 Å². The molecule has 0 aliphatic rings. The van der Waals surface area contributed by atoms with Crippen molar-refractivity contribution in [2.24, 2.45) is 0 Å². The minimum absolute atomic E-state index is 0.180. The van der Waals surface area contributed by atoms with E-state index in [4.69, 9.17) is 16.3 Å². The molecule has 0 saturated heterocycles. The van der Waals surface area contributed by atoms with Crippen molar-refractivity contribution < 1.29 is 4.74 Å². The number of ether oxygens (including phenoxy) is 1. The average molecular weight is 271 g/mol. The van der Waals surface area contributed by atoms with E-state index in [0.717, 1.165) is 25.4 Å². The summed E-state index contributed by atoms with van der Waals surface area (Å²) in [6.07, 6.45) is 0. The fraction of sp³-hybridized carbons (Fsp3) is 0.571. The second kappa shape index (κ2) is 7.62. The van der Waals surface area contributed by atoms with E-state index in [1.165, 1.54) is 0 Å². The molecule has 0 amide bonds. The van der Waals surface area contributed by atoms with Crippen molar-refractivity contribution in [1.82, 2.24) is 10.6 Å². The van der Waals surface area contributed by atoms with Crippen molar-refractivity contribution in [3.63, 3.8) is 0 Å². The molecule has 0 unspecified atom stereocenters. The molecule has 0 radical (unpaired) electrons. The Morgan fingerprint density at radius 2 is 1.94 bits per heavy atom. The molecule has 0 fully saturated rings. The molecule has 0 aliphatic heterocycles. The van der Waals surface area contributed by atoms with E-state index in [-0.39, 0.29) is 5.54 Å². The molecule has 102 valence electrons. The summed E-state index contributed by atoms with van der Waals surface area (Å²) in [5.41, 5.74) is 0.180. The van der Waals surface area contributed by atoms with Gasteiger partial charge in [0.05, 0.1) is 0 Å². The van der Waals surface area contributed by atoms with Crippen molar-refractivity contribution in [3.8, 4) is 5.75 Å². The summed E-state index contributed by atoms with van der Waals surface area (Å²) in [6.45, 7) is 9.87. The quantitative estimate of drug-likeness (QED) is 0.748. The average Bonchev–Trinajstić information content (AvgIpc) is 2.26. The van der Waals surface area contributed by atoms with Crippen LogP contribution in [-0.2, 0) is 0 Å². The van der Waals surface area contributed by atoms with Gasteiger partial charge in [-0.1, -0.05) is 17.7 Å². The van der Waals surface area contributed by atoms with Gasteiger partial charge in [-0.15, -0.1) is 0 Å². The molecule has 0 aromatic heterocycles. The monoisotopic (exact) mass is 270 g/mol. The Bertz CT molecular complexity index is 350. The van der Waals surface area contributed by atoms with Crippen molar-refractivity contribution in [1.29, 1.82) is 0 Å². The van der Waals surface area contributed by atoms with Gasteiger partial charge in [-0.05, 0) is 39.0 Å². The first-order valence-corrected chi connectivity index (χ1v) is 6.69. The zero-order valence-electron chi connectivity index (χ0n) is 11.4. The predicted molar refractivity (Wildman–Crippen MR) is 77.6 cm³/mol. The molecule has 0 saturated carbocycles. The van der Waals surface area contributed by atoms with Crippen molar-refractivity contribution in [2.45, 2.75) is 26.3 Å². The lowest BCUT2D eigenvalue weighted by molar-refractivity contribution is 0.312. The number of hydrogen-bond donors (Lipinski definition) is 2. The van der Waals surface area contributed by atoms with Crippen molar-refractivity contribution in [2.75, 3.05) is 26.2 Å². The third-order valence-electron chi connectivity index (χ3n) is 2.30. The highest BCUT2D eigenvalue weighted by Crippen LogP contribution is 2.16. The van der Waals surface area contributed by atoms with E-state index in [1.54, 1.807) is 0 Å². The van der Waals surface area contributed by atoms with Gasteiger partial charge in [-0.25, -0.2) is 0 Å². The number of benzene rings is 1. The van der Waals surface area contributed by atoms with Gasteiger partial charge in [0.2, 0.25) is 0 Å². The van der Waals surface area contributed by atoms with Gasteiger partial charge in [0.1, 0.15) is 12.4 Å². The number of hydrogen-bond acceptors (Lipinski definition) is 3. The van der Waals surface area contributed by atoms with Crippen LogP contribution in [0, 0.1) is 0 Å². The lowest BCUT2D eigenvalue weighted by Crippen LogP contribution is -2.40. The maximum atomic E-state index is 5.86. The molecule has 1 aromatic rings. The Morgan fingerprint density at radius 1 is 1.17 bits per heavy atom. The second-order valence-corrected chi connectivity index (χ2v) is 5.67. The van der Waals surface area contributed by atoms with Crippen LogP contribution >= 0.6 is 11.6 Å². The molecule has 1 aromatic carbocycles. The Balaban J connectivity index is 2.02. The number of rotatable bonds is 7. The maximum absolute atomic E-state index is 5.86. The van der Waals surface area contributed by atoms with Gasteiger partial charge >= 0.3 is 0 Å². The SMILES string of the molecule is CC(C)(C)NCCNCCOc1cccc(Cl)c1. The van der Waals surface area contributed by atoms with Crippen LogP contribution in [0.15, 0.2) is 24.3 Å². The summed E-state index contributed by atoms with van der Waals surface area (Å²) >= 11 is 5.86. The fourth-order valence-electron chi connectivity index (χ4n) is 1.45. The fourth-order valence-corrected chi connectivity index (χ4v) is 1.63. The van der Waals surface area contributed by atoms with Gasteiger partial charge in [0.15, 0.2) is 0 Å². The Morgan fingerprint density at radius 3 is 2.61 bits per heavy atom. The normalized spacial score (nSPS) is 11.6. The molecule has 3 nitrogen and oxygen atoms in total. The molecule has 0 heterocycles. The minimum Gasteiger partial charge on any atom is -0.492 e. The van der Waals surface area contributed by atoms with Crippen molar-refractivity contribution >= 4 is 11.6 Å². The topological polar surface area (TPSA) is 33.3 Å². The zero-order chi connectivity index (χ0) is 13.4. The van der Waals surface area contributed by atoms with E-state index in [9.17, 15) is 0 Å². The molecule has 1 rings (SSSR count). The molecule has 0 atom stereocenters. The van der Waals surface area contributed by atoms with Crippen molar-refractivity contribution in [3.05, 3.63) is 29.3 Å². The van der Waals surface area contributed by atoms with Crippen LogP contribution in [0.3, 0.4) is 0 Å². The summed E-state index contributed by atoms with van der Waals surface area (Å²) in [6, 6.07) is 7.46. The summed E-state index contributed by atoms with van der Waals surface area (Å²) in [5, 5.41) is 7.44. The highest BCUT2D eigenvalue weighted by Gasteiger charge is 2.06. The van der Waals surface area contributed by atoms with Crippen LogP contribution < -0.4 is 15.4 Å². The first-order valence-electron chi connectivity index (χ1n) is 6.31. The highest BCUT2D eigenvalue weighted by atomic mass is 35.5. The van der Waals surface area contributed by atoms with Crippen LogP contribution in [0.5, 0.6) is 5.75 Å². The van der Waals surface area contributed by atoms with Gasteiger partial charge in [-0.2, -0.15) is 0 Å². The van der Waals surface area contributed by atoms with Crippen LogP contribution in [-0.4, -0.2) is 31.8 Å². The van der Waals surface area contributed by atoms with E-state index in [0.29, 0.717) is 11.6 Å². The predicted octanol–water partition coefficient (Wildman–Crippen LogP) is 2.70. The van der Waals surface area contributed by atoms with Gasteiger partial charge in [0, 0.05) is 30.2 Å². The third-order valence-corrected chi connectivity index (χ3v) is 2.54. The summed E-state index contributed by atoms with van der Waals surface area (Å²) in [5.74, 6) is 0.817. The Hall–Kier alpha value is -0.770. The largest absolute Gasteiger partial charge is 0.492 e. The molecular formula is C14H23ClN2O. The van der Waals surface area contributed by atoms with Crippen LogP contribution in [0.4, 0.5) is 0 Å². The van der Waals surface area contributed by atoms with Crippen LogP contribution in [0.1, 0.15) is 20.8 Å². The van der Waals surface area contributed by atoms with Gasteiger partial charge in [-0.3, -0.25) is 0 Å². The minimum atomic E-state index is 0.180. The van der Waals surface area contributed by atoms with E-state index >= 15 is 0 Å². The van der Waals surface area contributed by atoms with Gasteiger partial charge in [0.25, 0.3) is 0 Å². The first-order chi connectivity index (χ1) is 8.47. The van der Waals surface area contributed by atoms with Crippen LogP contribution in [0.25, 0.3) is 0 Å². The van der Waals surface area contributed by atoms with E-state index < -0.39 is 0 Å². The molecule has 0 aliphatic carbocycles. The van der Waals surface area contributed by atoms with Gasteiger partial charge < -0.3 is 15.4 Å². The Labute approximate surface area is 115 Å². The number of halogens is 1. The van der Waals surface area contributed by atoms with Crippen LogP contribution in [0.2, 0.25) is 5.02 Å². The molecule has 0 spiro atoms. The molecule has 0 bridgehead atoms. The first kappa shape index (κ1) is 15.3. The van der Waals surface area contributed by atoms with E-state index in [1.807, 2.05) is 24.3 Å². The standard InChI is InChI=1S/C14H23ClN2O/c1-14(2,3)17-8-7-16-9-10-18-13-6-4-5-12(15)11-13/h4-6,11,16-17H,7-10H2,1-3H3. The third kappa shape index (κ3) is 7.54. The summed E-state index contributed by atoms with van der Waals surface area (Å²) in [4.78, 5) is 0. The second-order valence-electron chi connectivity index (χ2n) is 5.23. The zero-order valence-corrected chi connectivity index (χ0v) is 12.2. The Kier molecular flexibility index (Phi) is 6.47. The smallest absolute Gasteiger partial charge is 0.120 e. The number of nitrogens with one attached hydrogen (secondary N) is 2. The molecular weight excluding hydrogens is 248 g/mol. The molecule has 4 heteroatoms. The summed E-state index contributed by atoms with van der Waals surface area (Å²) in [7, 11) is 0. The lowest BCUT2D eigenvalue weighted by atomic mass is 10.1. The maximum Gasteiger partial charge on any atom is 0.120 e. The highest BCUT2D eigenvalue weighted by molar-refractivity contribution is 6.30. The molecule has 18 heavy (non-hydrogen) atoms.